The van der Waals surface area contributed by atoms with E-state index in [2.05, 4.69) is 17.5 Å². The number of nitriles is 2. The molecule has 0 spiro atoms. The van der Waals surface area contributed by atoms with Gasteiger partial charge in [-0.3, -0.25) is 4.79 Å². The summed E-state index contributed by atoms with van der Waals surface area (Å²) >= 11 is 0. The molecule has 2 aromatic rings. The highest BCUT2D eigenvalue weighted by Gasteiger charge is 2.29. The summed E-state index contributed by atoms with van der Waals surface area (Å²) in [6.45, 7) is 0. The van der Waals surface area contributed by atoms with E-state index in [0.29, 0.717) is 12.0 Å². The molecule has 142 valence electrons. The number of nitrogens with two attached hydrogens (primary N) is 1. The molecule has 3 rings (SSSR count). The first-order valence-corrected chi connectivity index (χ1v) is 9.66. The smallest absolute Gasteiger partial charge is 0.225 e. The average molecular weight is 372 g/mol. The first-order valence-electron chi connectivity index (χ1n) is 9.66. The zero-order chi connectivity index (χ0) is 19.9. The highest BCUT2D eigenvalue weighted by Crippen LogP contribution is 2.24. The van der Waals surface area contributed by atoms with E-state index in [-0.39, 0.29) is 17.9 Å². The molecular formula is C23H24N4O. The van der Waals surface area contributed by atoms with Crippen molar-refractivity contribution in [2.24, 2.45) is 11.7 Å². The summed E-state index contributed by atoms with van der Waals surface area (Å²) < 4.78 is 0. The maximum absolute atomic E-state index is 12.5. The molecular weight excluding hydrogens is 348 g/mol. The molecule has 0 radical (unpaired) electrons. The van der Waals surface area contributed by atoms with E-state index in [0.717, 1.165) is 42.4 Å². The summed E-state index contributed by atoms with van der Waals surface area (Å²) in [4.78, 5) is 12.5. The number of rotatable bonds is 5. The zero-order valence-corrected chi connectivity index (χ0v) is 15.8. The van der Waals surface area contributed by atoms with E-state index in [1.807, 2.05) is 42.5 Å². The van der Waals surface area contributed by atoms with Gasteiger partial charge in [0.05, 0.1) is 23.6 Å². The van der Waals surface area contributed by atoms with Crippen LogP contribution in [0.25, 0.3) is 11.1 Å². The normalized spacial score (nSPS) is 19.8. The van der Waals surface area contributed by atoms with Gasteiger partial charge in [-0.05, 0) is 41.7 Å². The minimum Gasteiger partial charge on any atom is -0.340 e. The van der Waals surface area contributed by atoms with Crippen LogP contribution in [-0.2, 0) is 11.2 Å². The third-order valence-electron chi connectivity index (χ3n) is 5.35. The lowest BCUT2D eigenvalue weighted by Gasteiger charge is -2.28. The highest BCUT2D eigenvalue weighted by molar-refractivity contribution is 5.80. The minimum absolute atomic E-state index is 0.108. The second kappa shape index (κ2) is 9.17. The Bertz CT molecular complexity index is 907. The van der Waals surface area contributed by atoms with E-state index in [4.69, 9.17) is 11.0 Å². The van der Waals surface area contributed by atoms with Gasteiger partial charge in [0, 0.05) is 12.5 Å². The van der Waals surface area contributed by atoms with Crippen molar-refractivity contribution >= 4 is 5.91 Å². The molecule has 1 saturated carbocycles. The summed E-state index contributed by atoms with van der Waals surface area (Å²) in [6, 6.07) is 18.9. The molecule has 1 amide bonds. The van der Waals surface area contributed by atoms with Gasteiger partial charge < -0.3 is 11.1 Å². The van der Waals surface area contributed by atoms with Crippen LogP contribution in [0.2, 0.25) is 0 Å². The lowest BCUT2D eigenvalue weighted by atomic mass is 9.84. The van der Waals surface area contributed by atoms with Crippen LogP contribution in [0.3, 0.4) is 0 Å². The summed E-state index contributed by atoms with van der Waals surface area (Å²) in [7, 11) is 0. The Morgan fingerprint density at radius 3 is 2.54 bits per heavy atom. The van der Waals surface area contributed by atoms with Gasteiger partial charge in [0.1, 0.15) is 6.04 Å². The Hall–Kier alpha value is -3.15. The van der Waals surface area contributed by atoms with Crippen LogP contribution in [0.1, 0.15) is 36.8 Å². The number of nitrogens with one attached hydrogen (secondary N) is 1. The van der Waals surface area contributed by atoms with Gasteiger partial charge in [-0.2, -0.15) is 10.5 Å². The van der Waals surface area contributed by atoms with Crippen molar-refractivity contribution in [3.63, 3.8) is 0 Å². The van der Waals surface area contributed by atoms with E-state index in [1.165, 1.54) is 0 Å². The second-order valence-corrected chi connectivity index (χ2v) is 7.34. The van der Waals surface area contributed by atoms with Gasteiger partial charge >= 0.3 is 0 Å². The van der Waals surface area contributed by atoms with Crippen molar-refractivity contribution in [3.05, 3.63) is 59.7 Å². The quantitative estimate of drug-likeness (QED) is 0.840. The minimum atomic E-state index is -0.575. The van der Waals surface area contributed by atoms with Crippen LogP contribution >= 0.6 is 0 Å². The predicted molar refractivity (Wildman–Crippen MR) is 108 cm³/mol. The van der Waals surface area contributed by atoms with Gasteiger partial charge in [0.2, 0.25) is 5.91 Å². The maximum Gasteiger partial charge on any atom is 0.225 e. The molecule has 1 fully saturated rings. The standard InChI is InChI=1S/C23H24N4O/c24-14-17-4-3-5-19(12-17)18-10-8-16(9-11-18)13-20(15-25)27-23(28)21-6-1-2-7-22(21)26/h3-5,8-12,20-22H,1-2,6-7,13,26H2,(H,27,28)/t20-,21?,22?/m0/s1. The molecule has 5 nitrogen and oxygen atoms in total. The van der Waals surface area contributed by atoms with E-state index < -0.39 is 6.04 Å². The molecule has 0 heterocycles. The van der Waals surface area contributed by atoms with Crippen molar-refractivity contribution in [3.8, 4) is 23.3 Å². The molecule has 0 aromatic heterocycles. The first kappa shape index (κ1) is 19.6. The number of hydrogen-bond acceptors (Lipinski definition) is 4. The van der Waals surface area contributed by atoms with Gasteiger partial charge in [0.15, 0.2) is 0 Å². The van der Waals surface area contributed by atoms with Crippen molar-refractivity contribution < 1.29 is 4.79 Å². The molecule has 1 aliphatic carbocycles. The Morgan fingerprint density at radius 1 is 1.11 bits per heavy atom. The van der Waals surface area contributed by atoms with Crippen LogP contribution < -0.4 is 11.1 Å². The summed E-state index contributed by atoms with van der Waals surface area (Å²) in [6.07, 6.45) is 4.18. The molecule has 3 N–H and O–H groups in total. The molecule has 0 saturated heterocycles. The summed E-state index contributed by atoms with van der Waals surface area (Å²) in [5.74, 6) is -0.303. The largest absolute Gasteiger partial charge is 0.340 e. The van der Waals surface area contributed by atoms with Gasteiger partial charge in [-0.1, -0.05) is 49.2 Å². The molecule has 28 heavy (non-hydrogen) atoms. The van der Waals surface area contributed by atoms with Crippen LogP contribution in [0.5, 0.6) is 0 Å². The van der Waals surface area contributed by atoms with Crippen LogP contribution in [0.4, 0.5) is 0 Å². The Kier molecular flexibility index (Phi) is 6.42. The van der Waals surface area contributed by atoms with Crippen molar-refractivity contribution in [2.75, 3.05) is 0 Å². The highest BCUT2D eigenvalue weighted by atomic mass is 16.2. The molecule has 0 bridgehead atoms. The zero-order valence-electron chi connectivity index (χ0n) is 15.8. The van der Waals surface area contributed by atoms with Gasteiger partial charge in [-0.15, -0.1) is 0 Å². The van der Waals surface area contributed by atoms with Crippen LogP contribution in [-0.4, -0.2) is 18.0 Å². The van der Waals surface area contributed by atoms with Crippen LogP contribution in [0.15, 0.2) is 48.5 Å². The van der Waals surface area contributed by atoms with Crippen molar-refractivity contribution in [2.45, 2.75) is 44.2 Å². The fraction of sp³-hybridized carbons (Fsp3) is 0.348. The van der Waals surface area contributed by atoms with E-state index in [9.17, 15) is 10.1 Å². The fourth-order valence-electron chi connectivity index (χ4n) is 3.73. The molecule has 1 aliphatic rings. The Balaban J connectivity index is 1.64. The number of nitrogens with zero attached hydrogens (tertiary/aromatic N) is 2. The van der Waals surface area contributed by atoms with Gasteiger partial charge in [0.25, 0.3) is 0 Å². The van der Waals surface area contributed by atoms with Gasteiger partial charge in [-0.25, -0.2) is 0 Å². The molecule has 0 aliphatic heterocycles. The topological polar surface area (TPSA) is 103 Å². The lowest BCUT2D eigenvalue weighted by molar-refractivity contribution is -0.126. The number of carbonyl (C=O) groups excluding carboxylic acids is 1. The first-order chi connectivity index (χ1) is 13.6. The van der Waals surface area contributed by atoms with E-state index in [1.54, 1.807) is 6.07 Å². The Morgan fingerprint density at radius 2 is 1.86 bits per heavy atom. The lowest BCUT2D eigenvalue weighted by Crippen LogP contribution is -2.47. The Labute approximate surface area is 165 Å². The van der Waals surface area contributed by atoms with Crippen LogP contribution in [0, 0.1) is 28.6 Å². The third kappa shape index (κ3) is 4.76. The monoisotopic (exact) mass is 372 g/mol. The van der Waals surface area contributed by atoms with Crippen molar-refractivity contribution in [1.82, 2.24) is 5.32 Å². The van der Waals surface area contributed by atoms with Crippen molar-refractivity contribution in [1.29, 1.82) is 10.5 Å². The van der Waals surface area contributed by atoms with E-state index >= 15 is 0 Å². The second-order valence-electron chi connectivity index (χ2n) is 7.34. The average Bonchev–Trinajstić information content (AvgIpc) is 2.74. The number of amides is 1. The molecule has 2 unspecified atom stereocenters. The summed E-state index contributed by atoms with van der Waals surface area (Å²) in [5.41, 5.74) is 9.65. The molecule has 2 aromatic carbocycles. The molecule has 3 atom stereocenters. The number of benzene rings is 2. The number of carbonyl (C=O) groups is 1. The maximum atomic E-state index is 12.5. The summed E-state index contributed by atoms with van der Waals surface area (Å²) in [5, 5.41) is 21.4. The number of hydrogen-bond donors (Lipinski definition) is 2. The SMILES string of the molecule is N#Cc1cccc(-c2ccc(C[C@@H](C#N)NC(=O)C3CCCCC3N)cc2)c1. The molecule has 5 heteroatoms. The predicted octanol–water partition coefficient (Wildman–Crippen LogP) is 3.29. The third-order valence-corrected chi connectivity index (χ3v) is 5.35. The fourth-order valence-corrected chi connectivity index (χ4v) is 3.73.